The second-order valence-electron chi connectivity index (χ2n) is 5.49. The first kappa shape index (κ1) is 14.0. The molecule has 1 aliphatic carbocycles. The Kier molecular flexibility index (Phi) is 4.04. The molecule has 1 aliphatic heterocycles. The van der Waals surface area contributed by atoms with Crippen LogP contribution in [0.1, 0.15) is 42.2 Å². The van der Waals surface area contributed by atoms with Crippen LogP contribution in [-0.4, -0.2) is 26.0 Å². The van der Waals surface area contributed by atoms with Crippen molar-refractivity contribution in [1.82, 2.24) is 5.32 Å². The van der Waals surface area contributed by atoms with Crippen molar-refractivity contribution in [3.05, 3.63) is 20.3 Å². The van der Waals surface area contributed by atoms with Gasteiger partial charge in [-0.2, -0.15) is 0 Å². The van der Waals surface area contributed by atoms with Crippen LogP contribution in [0.2, 0.25) is 0 Å². The Morgan fingerprint density at radius 2 is 2.16 bits per heavy atom. The van der Waals surface area contributed by atoms with Gasteiger partial charge in [0, 0.05) is 17.0 Å². The molecule has 0 amide bonds. The smallest absolute Gasteiger partial charge is 0.151 e. The van der Waals surface area contributed by atoms with Gasteiger partial charge in [0.15, 0.2) is 9.84 Å². The topological polar surface area (TPSA) is 46.2 Å². The lowest BCUT2D eigenvalue weighted by molar-refractivity contribution is 0.388. The average molecular weight is 364 g/mol. The zero-order chi connectivity index (χ0) is 13.5. The van der Waals surface area contributed by atoms with Crippen LogP contribution in [0.4, 0.5) is 0 Å². The highest BCUT2D eigenvalue weighted by molar-refractivity contribution is 9.11. The molecule has 1 aromatic rings. The van der Waals surface area contributed by atoms with Gasteiger partial charge in [0.1, 0.15) is 0 Å². The lowest BCUT2D eigenvalue weighted by Gasteiger charge is -2.30. The minimum absolute atomic E-state index is 0.133. The zero-order valence-electron chi connectivity index (χ0n) is 10.7. The lowest BCUT2D eigenvalue weighted by atomic mass is 9.93. The Bertz CT molecular complexity index is 567. The maximum absolute atomic E-state index is 11.7. The Hall–Kier alpha value is 0.0900. The highest BCUT2D eigenvalue weighted by atomic mass is 79.9. The predicted molar refractivity (Wildman–Crippen MR) is 82.5 cm³/mol. The number of thiophene rings is 1. The Morgan fingerprint density at radius 1 is 1.32 bits per heavy atom. The van der Waals surface area contributed by atoms with Crippen molar-refractivity contribution in [2.75, 3.05) is 11.5 Å². The molecular formula is C13H18BrNO2S2. The summed E-state index contributed by atoms with van der Waals surface area (Å²) in [4.78, 5) is 1.45. The Balaban J connectivity index is 1.74. The molecule has 1 aromatic heterocycles. The second-order valence-corrected chi connectivity index (χ2v) is 10.2. The van der Waals surface area contributed by atoms with Gasteiger partial charge in [0.25, 0.3) is 0 Å². The molecule has 2 heterocycles. The highest BCUT2D eigenvalue weighted by Gasteiger charge is 2.29. The summed E-state index contributed by atoms with van der Waals surface area (Å²) >= 11 is 5.37. The Morgan fingerprint density at radius 3 is 2.95 bits per heavy atom. The summed E-state index contributed by atoms with van der Waals surface area (Å²) in [6.07, 6.45) is 5.25. The van der Waals surface area contributed by atoms with Gasteiger partial charge in [0.05, 0.1) is 15.3 Å². The van der Waals surface area contributed by atoms with E-state index in [1.165, 1.54) is 20.6 Å². The lowest BCUT2D eigenvalue weighted by Crippen LogP contribution is -2.42. The molecule has 2 unspecified atom stereocenters. The standard InChI is InChI=1S/C13H18BrNO2S2/c14-13-7-10-11(4-1-5-12(10)18-13)15-9-3-2-6-19(16,17)8-9/h7,9,11,15H,1-6,8H2. The second kappa shape index (κ2) is 5.47. The first-order valence-electron chi connectivity index (χ1n) is 6.78. The fraction of sp³-hybridized carbons (Fsp3) is 0.692. The van der Waals surface area contributed by atoms with Gasteiger partial charge in [-0.05, 0) is 59.7 Å². The number of hydrogen-bond acceptors (Lipinski definition) is 4. The molecule has 0 spiro atoms. The van der Waals surface area contributed by atoms with Crippen molar-refractivity contribution in [3.63, 3.8) is 0 Å². The first-order valence-corrected chi connectivity index (χ1v) is 10.2. The number of aryl methyl sites for hydroxylation is 1. The van der Waals surface area contributed by atoms with E-state index in [0.717, 1.165) is 25.7 Å². The molecule has 1 saturated heterocycles. The van der Waals surface area contributed by atoms with Gasteiger partial charge in [-0.25, -0.2) is 8.42 Å². The van der Waals surface area contributed by atoms with Crippen LogP contribution in [0.3, 0.4) is 0 Å². The SMILES string of the molecule is O=S1(=O)CCCC(NC2CCCc3sc(Br)cc32)C1. The van der Waals surface area contributed by atoms with Crippen LogP contribution in [-0.2, 0) is 16.3 Å². The maximum Gasteiger partial charge on any atom is 0.151 e. The van der Waals surface area contributed by atoms with E-state index in [2.05, 4.69) is 27.3 Å². The molecule has 2 atom stereocenters. The summed E-state index contributed by atoms with van der Waals surface area (Å²) in [7, 11) is -2.82. The zero-order valence-corrected chi connectivity index (χ0v) is 13.9. The quantitative estimate of drug-likeness (QED) is 0.877. The molecule has 0 bridgehead atoms. The van der Waals surface area contributed by atoms with E-state index in [1.807, 2.05) is 11.3 Å². The molecule has 106 valence electrons. The molecule has 1 N–H and O–H groups in total. The predicted octanol–water partition coefficient (Wildman–Crippen LogP) is 3.05. The van der Waals surface area contributed by atoms with Gasteiger partial charge in [-0.1, -0.05) is 0 Å². The van der Waals surface area contributed by atoms with Crippen LogP contribution in [0, 0.1) is 0 Å². The van der Waals surface area contributed by atoms with Crippen molar-refractivity contribution in [2.24, 2.45) is 0 Å². The van der Waals surface area contributed by atoms with E-state index in [1.54, 1.807) is 0 Å². The molecule has 6 heteroatoms. The molecule has 3 nitrogen and oxygen atoms in total. The number of rotatable bonds is 2. The summed E-state index contributed by atoms with van der Waals surface area (Å²) in [6.45, 7) is 0. The number of nitrogens with one attached hydrogen (secondary N) is 1. The van der Waals surface area contributed by atoms with Crippen molar-refractivity contribution in [1.29, 1.82) is 0 Å². The fourth-order valence-electron chi connectivity index (χ4n) is 3.13. The van der Waals surface area contributed by atoms with Crippen molar-refractivity contribution in [2.45, 2.75) is 44.2 Å². The van der Waals surface area contributed by atoms with Gasteiger partial charge in [-0.3, -0.25) is 0 Å². The Labute approximate surface area is 126 Å². The minimum atomic E-state index is -2.82. The van der Waals surface area contributed by atoms with Gasteiger partial charge in [-0.15, -0.1) is 11.3 Å². The number of hydrogen-bond donors (Lipinski definition) is 1. The third-order valence-electron chi connectivity index (χ3n) is 3.98. The van der Waals surface area contributed by atoms with E-state index < -0.39 is 9.84 Å². The molecular weight excluding hydrogens is 346 g/mol. The summed E-state index contributed by atoms with van der Waals surface area (Å²) in [5.41, 5.74) is 1.38. The molecule has 3 rings (SSSR count). The van der Waals surface area contributed by atoms with Gasteiger partial charge in [0.2, 0.25) is 0 Å². The van der Waals surface area contributed by atoms with Crippen LogP contribution >= 0.6 is 27.3 Å². The largest absolute Gasteiger partial charge is 0.306 e. The molecule has 2 aliphatic rings. The highest BCUT2D eigenvalue weighted by Crippen LogP contribution is 2.38. The molecule has 0 saturated carbocycles. The average Bonchev–Trinajstić information content (AvgIpc) is 2.69. The molecule has 0 aromatic carbocycles. The monoisotopic (exact) mass is 363 g/mol. The fourth-order valence-corrected chi connectivity index (χ4v) is 6.60. The third kappa shape index (κ3) is 3.23. The van der Waals surface area contributed by atoms with Crippen LogP contribution in [0.25, 0.3) is 0 Å². The number of sulfone groups is 1. The number of halogens is 1. The van der Waals surface area contributed by atoms with Crippen molar-refractivity contribution < 1.29 is 8.42 Å². The summed E-state index contributed by atoms with van der Waals surface area (Å²) < 4.78 is 24.6. The van der Waals surface area contributed by atoms with Crippen molar-refractivity contribution in [3.8, 4) is 0 Å². The normalized spacial score (nSPS) is 29.9. The summed E-state index contributed by atoms with van der Waals surface area (Å²) in [5, 5.41) is 3.59. The van der Waals surface area contributed by atoms with Crippen LogP contribution < -0.4 is 5.32 Å². The minimum Gasteiger partial charge on any atom is -0.306 e. The number of fused-ring (bicyclic) bond motifs is 1. The van der Waals surface area contributed by atoms with E-state index in [4.69, 9.17) is 0 Å². The molecule has 1 fully saturated rings. The van der Waals surface area contributed by atoms with Gasteiger partial charge >= 0.3 is 0 Å². The van der Waals surface area contributed by atoms with Crippen LogP contribution in [0.15, 0.2) is 9.85 Å². The van der Waals surface area contributed by atoms with E-state index in [-0.39, 0.29) is 6.04 Å². The van der Waals surface area contributed by atoms with E-state index in [9.17, 15) is 8.42 Å². The van der Waals surface area contributed by atoms with Crippen LogP contribution in [0.5, 0.6) is 0 Å². The van der Waals surface area contributed by atoms with Gasteiger partial charge < -0.3 is 5.32 Å². The molecule has 19 heavy (non-hydrogen) atoms. The summed E-state index contributed by atoms with van der Waals surface area (Å²) in [6, 6.07) is 2.67. The first-order chi connectivity index (χ1) is 9.03. The summed E-state index contributed by atoms with van der Waals surface area (Å²) in [5.74, 6) is 0.676. The van der Waals surface area contributed by atoms with E-state index >= 15 is 0 Å². The maximum atomic E-state index is 11.7. The molecule has 0 radical (unpaired) electrons. The van der Waals surface area contributed by atoms with Crippen molar-refractivity contribution >= 4 is 37.1 Å². The third-order valence-corrected chi connectivity index (χ3v) is 7.52. The van der Waals surface area contributed by atoms with E-state index in [0.29, 0.717) is 17.5 Å².